The maximum Gasteiger partial charge on any atom is 0.193 e. The number of guanidine groups is 1. The number of aliphatic imine (C=N–C) groups is 1. The monoisotopic (exact) mass is 473 g/mol. The van der Waals surface area contributed by atoms with E-state index in [0.29, 0.717) is 4.90 Å². The molecule has 0 amide bonds. The number of nitrogens with two attached hydrogens (primary N) is 1. The first-order valence-corrected chi connectivity index (χ1v) is 9.38. The van der Waals surface area contributed by atoms with Crippen LogP contribution in [0.4, 0.5) is 5.69 Å². The van der Waals surface area contributed by atoms with E-state index in [0.717, 1.165) is 16.8 Å². The molecule has 0 aliphatic rings. The number of nitrogens with one attached hydrogen (secondary N) is 1. The van der Waals surface area contributed by atoms with Crippen molar-refractivity contribution in [1.82, 2.24) is 0 Å². The molecule has 2 aromatic rings. The predicted molar refractivity (Wildman–Crippen MR) is 115 cm³/mol. The Hall–Kier alpha value is -1.61. The normalized spacial score (nSPS) is 13.0. The maximum absolute atomic E-state index is 12.4. The fraction of sp³-hybridized carbons (Fsp3) is 0.278. The lowest BCUT2D eigenvalue weighted by molar-refractivity contribution is 0.590. The van der Waals surface area contributed by atoms with Gasteiger partial charge in [-0.3, -0.25) is 0 Å². The zero-order chi connectivity index (χ0) is 17.7. The summed E-state index contributed by atoms with van der Waals surface area (Å²) in [6, 6.07) is 14.1. The molecule has 136 valence electrons. The van der Waals surface area contributed by atoms with Gasteiger partial charge in [-0.2, -0.15) is 0 Å². The van der Waals surface area contributed by atoms with Crippen LogP contribution >= 0.6 is 24.0 Å². The van der Waals surface area contributed by atoms with Gasteiger partial charge in [0, 0.05) is 5.69 Å². The molecule has 0 bridgehead atoms. The van der Waals surface area contributed by atoms with Crippen LogP contribution in [0.3, 0.4) is 0 Å². The third kappa shape index (κ3) is 6.66. The maximum atomic E-state index is 12.4. The zero-order valence-electron chi connectivity index (χ0n) is 14.6. The van der Waals surface area contributed by atoms with Crippen molar-refractivity contribution in [1.29, 1.82) is 0 Å². The number of hydrogen-bond acceptors (Lipinski definition) is 3. The van der Waals surface area contributed by atoms with Crippen LogP contribution in [0.5, 0.6) is 0 Å². The fourth-order valence-corrected chi connectivity index (χ4v) is 3.79. The highest BCUT2D eigenvalue weighted by Gasteiger charge is 2.18. The molecule has 7 heteroatoms. The van der Waals surface area contributed by atoms with Crippen molar-refractivity contribution >= 4 is 45.5 Å². The molecule has 25 heavy (non-hydrogen) atoms. The highest BCUT2D eigenvalue weighted by atomic mass is 127. The van der Waals surface area contributed by atoms with Gasteiger partial charge in [0.15, 0.2) is 15.8 Å². The van der Waals surface area contributed by atoms with Gasteiger partial charge in [0.25, 0.3) is 0 Å². The quantitative estimate of drug-likeness (QED) is 0.396. The van der Waals surface area contributed by atoms with Gasteiger partial charge < -0.3 is 11.1 Å². The molecule has 0 fully saturated rings. The molecule has 1 atom stereocenters. The average molecular weight is 473 g/mol. The molecule has 0 radical (unpaired) electrons. The van der Waals surface area contributed by atoms with Crippen molar-refractivity contribution in [2.75, 3.05) is 11.1 Å². The van der Waals surface area contributed by atoms with E-state index in [9.17, 15) is 8.42 Å². The molecule has 2 rings (SSSR count). The van der Waals surface area contributed by atoms with Crippen molar-refractivity contribution in [3.8, 4) is 0 Å². The van der Waals surface area contributed by atoms with E-state index in [1.165, 1.54) is 0 Å². The van der Waals surface area contributed by atoms with E-state index in [2.05, 4.69) is 10.3 Å². The summed E-state index contributed by atoms with van der Waals surface area (Å²) < 4.78 is 24.8. The zero-order valence-corrected chi connectivity index (χ0v) is 17.7. The van der Waals surface area contributed by atoms with Crippen LogP contribution in [0, 0.1) is 13.8 Å². The predicted octanol–water partition coefficient (Wildman–Crippen LogP) is 3.51. The van der Waals surface area contributed by atoms with Gasteiger partial charge in [0.05, 0.1) is 16.7 Å². The Labute approximate surface area is 166 Å². The third-order valence-corrected chi connectivity index (χ3v) is 5.40. The van der Waals surface area contributed by atoms with E-state index in [-0.39, 0.29) is 35.7 Å². The van der Waals surface area contributed by atoms with E-state index in [4.69, 9.17) is 5.73 Å². The summed E-state index contributed by atoms with van der Waals surface area (Å²) in [5.41, 5.74) is 8.82. The molecule has 0 aliphatic heterocycles. The SMILES string of the molecule is Cc1ccc(S(=O)(=O)CC(C)N=C(N)Nc2cccc(C)c2)cc1.I. The summed E-state index contributed by atoms with van der Waals surface area (Å²) in [5, 5.41) is 2.98. The van der Waals surface area contributed by atoms with Crippen molar-refractivity contribution < 1.29 is 8.42 Å². The summed E-state index contributed by atoms with van der Waals surface area (Å²) in [6.07, 6.45) is 0. The number of anilines is 1. The molecular weight excluding hydrogens is 449 g/mol. The van der Waals surface area contributed by atoms with Crippen LogP contribution in [-0.2, 0) is 9.84 Å². The van der Waals surface area contributed by atoms with E-state index in [1.807, 2.05) is 38.1 Å². The van der Waals surface area contributed by atoms with Crippen LogP contribution in [0.15, 0.2) is 58.4 Å². The van der Waals surface area contributed by atoms with E-state index < -0.39 is 15.9 Å². The number of halogens is 1. The van der Waals surface area contributed by atoms with Crippen LogP contribution in [0.2, 0.25) is 0 Å². The molecular formula is C18H24IN3O2S. The van der Waals surface area contributed by atoms with Crippen molar-refractivity contribution in [2.45, 2.75) is 31.7 Å². The smallest absolute Gasteiger partial charge is 0.193 e. The highest BCUT2D eigenvalue weighted by Crippen LogP contribution is 2.14. The molecule has 0 spiro atoms. The Morgan fingerprint density at radius 3 is 2.36 bits per heavy atom. The Morgan fingerprint density at radius 2 is 1.76 bits per heavy atom. The minimum absolute atomic E-state index is 0. The van der Waals surface area contributed by atoms with Gasteiger partial charge in [-0.25, -0.2) is 13.4 Å². The van der Waals surface area contributed by atoms with Gasteiger partial charge in [-0.1, -0.05) is 29.8 Å². The largest absolute Gasteiger partial charge is 0.370 e. The van der Waals surface area contributed by atoms with Gasteiger partial charge in [0.2, 0.25) is 0 Å². The standard InChI is InChI=1S/C18H23N3O2S.HI/c1-13-7-9-17(10-8-13)24(22,23)12-15(3)20-18(19)21-16-6-4-5-14(2)11-16;/h4-11,15H,12H2,1-3H3,(H3,19,20,21);1H. The summed E-state index contributed by atoms with van der Waals surface area (Å²) in [4.78, 5) is 4.54. The van der Waals surface area contributed by atoms with Crippen LogP contribution < -0.4 is 11.1 Å². The first kappa shape index (κ1) is 21.4. The molecule has 1 unspecified atom stereocenters. The summed E-state index contributed by atoms with van der Waals surface area (Å²) in [5.74, 6) is 0.110. The number of rotatable bonds is 5. The lowest BCUT2D eigenvalue weighted by Gasteiger charge is -2.11. The van der Waals surface area contributed by atoms with E-state index in [1.54, 1.807) is 31.2 Å². The van der Waals surface area contributed by atoms with Crippen molar-refractivity contribution in [3.63, 3.8) is 0 Å². The minimum atomic E-state index is -3.39. The number of aryl methyl sites for hydroxylation is 2. The highest BCUT2D eigenvalue weighted by molar-refractivity contribution is 14.0. The second-order valence-corrected chi connectivity index (χ2v) is 7.99. The Kier molecular flexibility index (Phi) is 7.88. The first-order valence-electron chi connectivity index (χ1n) is 7.72. The molecule has 0 heterocycles. The molecule has 0 saturated heterocycles. The molecule has 2 aromatic carbocycles. The molecule has 0 saturated carbocycles. The van der Waals surface area contributed by atoms with Gasteiger partial charge in [-0.05, 0) is 50.6 Å². The Morgan fingerprint density at radius 1 is 1.12 bits per heavy atom. The number of sulfone groups is 1. The lowest BCUT2D eigenvalue weighted by Crippen LogP contribution is -2.27. The summed E-state index contributed by atoms with van der Waals surface area (Å²) >= 11 is 0. The first-order chi connectivity index (χ1) is 11.3. The molecule has 5 nitrogen and oxygen atoms in total. The fourth-order valence-electron chi connectivity index (χ4n) is 2.34. The Balaban J connectivity index is 0.00000312. The molecule has 3 N–H and O–H groups in total. The molecule has 0 aliphatic carbocycles. The van der Waals surface area contributed by atoms with Crippen LogP contribution in [0.25, 0.3) is 0 Å². The molecule has 0 aromatic heterocycles. The van der Waals surface area contributed by atoms with Crippen LogP contribution in [-0.4, -0.2) is 26.2 Å². The van der Waals surface area contributed by atoms with Crippen molar-refractivity contribution in [2.24, 2.45) is 10.7 Å². The summed E-state index contributed by atoms with van der Waals surface area (Å²) in [6.45, 7) is 5.63. The minimum Gasteiger partial charge on any atom is -0.370 e. The Bertz CT molecular complexity index is 834. The van der Waals surface area contributed by atoms with E-state index >= 15 is 0 Å². The topological polar surface area (TPSA) is 84.5 Å². The second-order valence-electron chi connectivity index (χ2n) is 5.95. The number of hydrogen-bond donors (Lipinski definition) is 2. The van der Waals surface area contributed by atoms with Gasteiger partial charge >= 0.3 is 0 Å². The average Bonchev–Trinajstić information content (AvgIpc) is 2.46. The third-order valence-electron chi connectivity index (χ3n) is 3.49. The second kappa shape index (κ2) is 9.19. The number of nitrogens with zero attached hydrogens (tertiary/aromatic N) is 1. The summed E-state index contributed by atoms with van der Waals surface area (Å²) in [7, 11) is -3.39. The van der Waals surface area contributed by atoms with Crippen LogP contribution in [0.1, 0.15) is 18.1 Å². The van der Waals surface area contributed by atoms with Gasteiger partial charge in [-0.15, -0.1) is 24.0 Å². The van der Waals surface area contributed by atoms with Gasteiger partial charge in [0.1, 0.15) is 0 Å². The van der Waals surface area contributed by atoms with Crippen molar-refractivity contribution in [3.05, 3.63) is 59.7 Å². The lowest BCUT2D eigenvalue weighted by atomic mass is 10.2. The number of benzene rings is 2.